The lowest BCUT2D eigenvalue weighted by Crippen LogP contribution is -2.24. The predicted molar refractivity (Wildman–Crippen MR) is 49.7 cm³/mol. The van der Waals surface area contributed by atoms with Crippen LogP contribution in [-0.2, 0) is 0 Å². The van der Waals surface area contributed by atoms with Crippen LogP contribution in [0.1, 0.15) is 19.3 Å². The van der Waals surface area contributed by atoms with Crippen molar-refractivity contribution in [2.45, 2.75) is 24.5 Å². The molecule has 0 nitrogen and oxygen atoms in total. The Morgan fingerprint density at radius 3 is 3.00 bits per heavy atom. The molecule has 0 aromatic heterocycles. The zero-order chi connectivity index (χ0) is 7.42. The SMILES string of the molecule is SC1CC2CC1C1CC=CC21. The minimum absolute atomic E-state index is 0.737. The summed E-state index contributed by atoms with van der Waals surface area (Å²) in [5, 5.41) is 0.737. The van der Waals surface area contributed by atoms with Crippen LogP contribution in [0.4, 0.5) is 0 Å². The van der Waals surface area contributed by atoms with Gasteiger partial charge in [0.1, 0.15) is 0 Å². The maximum atomic E-state index is 4.65. The van der Waals surface area contributed by atoms with Crippen molar-refractivity contribution in [2.75, 3.05) is 0 Å². The predicted octanol–water partition coefficient (Wildman–Crippen LogP) is 2.52. The molecule has 1 heteroatoms. The monoisotopic (exact) mass is 166 g/mol. The normalized spacial score (nSPS) is 58.8. The first-order valence-electron chi connectivity index (χ1n) is 4.71. The molecule has 3 aliphatic rings. The maximum Gasteiger partial charge on any atom is 0.00510 e. The molecule has 2 bridgehead atoms. The number of allylic oxidation sites excluding steroid dienone is 2. The summed E-state index contributed by atoms with van der Waals surface area (Å²) >= 11 is 4.65. The van der Waals surface area contributed by atoms with Crippen molar-refractivity contribution in [1.29, 1.82) is 0 Å². The molecule has 3 rings (SSSR count). The summed E-state index contributed by atoms with van der Waals surface area (Å²) in [6.07, 6.45) is 9.07. The van der Waals surface area contributed by atoms with E-state index in [2.05, 4.69) is 24.8 Å². The Bertz CT molecular complexity index is 209. The Morgan fingerprint density at radius 2 is 2.09 bits per heavy atom. The van der Waals surface area contributed by atoms with Gasteiger partial charge in [-0.05, 0) is 42.9 Å². The van der Waals surface area contributed by atoms with Crippen LogP contribution in [0.2, 0.25) is 0 Å². The lowest BCUT2D eigenvalue weighted by Gasteiger charge is -2.28. The Labute approximate surface area is 73.5 Å². The summed E-state index contributed by atoms with van der Waals surface area (Å²) in [7, 11) is 0. The first-order valence-corrected chi connectivity index (χ1v) is 5.22. The molecule has 3 aliphatic carbocycles. The molecular formula is C10H14S. The van der Waals surface area contributed by atoms with Crippen molar-refractivity contribution in [1.82, 2.24) is 0 Å². The van der Waals surface area contributed by atoms with Crippen LogP contribution in [-0.4, -0.2) is 5.25 Å². The number of thiol groups is 1. The second kappa shape index (κ2) is 2.07. The lowest BCUT2D eigenvalue weighted by molar-refractivity contribution is 0.293. The average molecular weight is 166 g/mol. The molecule has 0 heterocycles. The molecule has 60 valence electrons. The molecule has 0 saturated heterocycles. The molecule has 0 amide bonds. The molecule has 5 unspecified atom stereocenters. The van der Waals surface area contributed by atoms with Crippen LogP contribution >= 0.6 is 12.6 Å². The van der Waals surface area contributed by atoms with Crippen molar-refractivity contribution >= 4 is 12.6 Å². The van der Waals surface area contributed by atoms with Crippen LogP contribution < -0.4 is 0 Å². The van der Waals surface area contributed by atoms with E-state index in [0.717, 1.165) is 28.9 Å². The molecule has 0 aromatic carbocycles. The molecule has 2 saturated carbocycles. The van der Waals surface area contributed by atoms with E-state index in [1.165, 1.54) is 19.3 Å². The third kappa shape index (κ3) is 0.729. The quantitative estimate of drug-likeness (QED) is 0.415. The molecule has 0 aromatic rings. The van der Waals surface area contributed by atoms with E-state index in [1.807, 2.05) is 0 Å². The maximum absolute atomic E-state index is 4.65. The van der Waals surface area contributed by atoms with E-state index in [0.29, 0.717) is 0 Å². The average Bonchev–Trinajstić information content (AvgIpc) is 2.52. The van der Waals surface area contributed by atoms with Gasteiger partial charge in [-0.2, -0.15) is 12.6 Å². The Balaban J connectivity index is 1.94. The largest absolute Gasteiger partial charge is 0.176 e. The lowest BCUT2D eigenvalue weighted by atomic mass is 9.81. The van der Waals surface area contributed by atoms with Gasteiger partial charge in [0.25, 0.3) is 0 Å². The Kier molecular flexibility index (Phi) is 1.24. The second-order valence-electron chi connectivity index (χ2n) is 4.37. The highest BCUT2D eigenvalue weighted by atomic mass is 32.1. The van der Waals surface area contributed by atoms with E-state index in [4.69, 9.17) is 0 Å². The standard InChI is InChI=1S/C10H14S/c11-10-5-6-4-9(10)8-3-1-2-7(6)8/h1-2,6-11H,3-5H2. The fourth-order valence-electron chi connectivity index (χ4n) is 3.52. The molecule has 0 spiro atoms. The van der Waals surface area contributed by atoms with E-state index in [9.17, 15) is 0 Å². The fraction of sp³-hybridized carbons (Fsp3) is 0.800. The van der Waals surface area contributed by atoms with Gasteiger partial charge in [0.2, 0.25) is 0 Å². The van der Waals surface area contributed by atoms with Crippen molar-refractivity contribution in [3.63, 3.8) is 0 Å². The van der Waals surface area contributed by atoms with Gasteiger partial charge in [-0.15, -0.1) is 0 Å². The topological polar surface area (TPSA) is 0 Å². The first kappa shape index (κ1) is 6.59. The van der Waals surface area contributed by atoms with Gasteiger partial charge in [-0.1, -0.05) is 12.2 Å². The van der Waals surface area contributed by atoms with Gasteiger partial charge >= 0.3 is 0 Å². The smallest absolute Gasteiger partial charge is 0.00510 e. The summed E-state index contributed by atoms with van der Waals surface area (Å²) in [6.45, 7) is 0. The number of rotatable bonds is 0. The molecule has 2 fully saturated rings. The minimum Gasteiger partial charge on any atom is -0.176 e. The van der Waals surface area contributed by atoms with Crippen molar-refractivity contribution < 1.29 is 0 Å². The van der Waals surface area contributed by atoms with Gasteiger partial charge in [-0.25, -0.2) is 0 Å². The Hall–Kier alpha value is 0.0900. The third-order valence-corrected chi connectivity index (χ3v) is 4.56. The summed E-state index contributed by atoms with van der Waals surface area (Å²) in [4.78, 5) is 0. The molecule has 0 N–H and O–H groups in total. The van der Waals surface area contributed by atoms with Crippen LogP contribution in [0, 0.1) is 23.7 Å². The van der Waals surface area contributed by atoms with E-state index in [-0.39, 0.29) is 0 Å². The van der Waals surface area contributed by atoms with Crippen LogP contribution in [0.25, 0.3) is 0 Å². The number of hydrogen-bond acceptors (Lipinski definition) is 1. The summed E-state index contributed by atoms with van der Waals surface area (Å²) in [6, 6.07) is 0. The number of hydrogen-bond donors (Lipinski definition) is 1. The van der Waals surface area contributed by atoms with Gasteiger partial charge in [0.05, 0.1) is 0 Å². The molecule has 5 atom stereocenters. The van der Waals surface area contributed by atoms with Gasteiger partial charge in [0.15, 0.2) is 0 Å². The van der Waals surface area contributed by atoms with Crippen LogP contribution in [0.3, 0.4) is 0 Å². The Morgan fingerprint density at radius 1 is 1.18 bits per heavy atom. The fourth-order valence-corrected chi connectivity index (χ4v) is 4.14. The highest BCUT2D eigenvalue weighted by Crippen LogP contribution is 2.57. The molecule has 11 heavy (non-hydrogen) atoms. The van der Waals surface area contributed by atoms with Crippen molar-refractivity contribution in [3.8, 4) is 0 Å². The van der Waals surface area contributed by atoms with E-state index < -0.39 is 0 Å². The molecule has 0 radical (unpaired) electrons. The summed E-state index contributed by atoms with van der Waals surface area (Å²) < 4.78 is 0. The van der Waals surface area contributed by atoms with Gasteiger partial charge < -0.3 is 0 Å². The van der Waals surface area contributed by atoms with Crippen molar-refractivity contribution in [2.24, 2.45) is 23.7 Å². The summed E-state index contributed by atoms with van der Waals surface area (Å²) in [5.74, 6) is 3.93. The molecular weight excluding hydrogens is 152 g/mol. The highest BCUT2D eigenvalue weighted by Gasteiger charge is 2.51. The third-order valence-electron chi connectivity index (χ3n) is 3.97. The second-order valence-corrected chi connectivity index (χ2v) is 5.03. The summed E-state index contributed by atoms with van der Waals surface area (Å²) in [5.41, 5.74) is 0. The van der Waals surface area contributed by atoms with Gasteiger partial charge in [-0.3, -0.25) is 0 Å². The van der Waals surface area contributed by atoms with Crippen LogP contribution in [0.5, 0.6) is 0 Å². The van der Waals surface area contributed by atoms with E-state index in [1.54, 1.807) is 0 Å². The zero-order valence-corrected chi connectivity index (χ0v) is 7.50. The van der Waals surface area contributed by atoms with E-state index >= 15 is 0 Å². The first-order chi connectivity index (χ1) is 5.36. The highest BCUT2D eigenvalue weighted by molar-refractivity contribution is 7.81. The zero-order valence-electron chi connectivity index (χ0n) is 6.61. The van der Waals surface area contributed by atoms with Gasteiger partial charge in [0, 0.05) is 5.25 Å². The van der Waals surface area contributed by atoms with Crippen molar-refractivity contribution in [3.05, 3.63) is 12.2 Å². The van der Waals surface area contributed by atoms with Crippen LogP contribution in [0.15, 0.2) is 12.2 Å². The number of fused-ring (bicyclic) bond motifs is 5. The minimum atomic E-state index is 0.737. The molecule has 0 aliphatic heterocycles.